The lowest BCUT2D eigenvalue weighted by Crippen LogP contribution is -2.23. The van der Waals surface area contributed by atoms with Gasteiger partial charge in [0.05, 0.1) is 12.2 Å². The first-order valence-corrected chi connectivity index (χ1v) is 10.8. The van der Waals surface area contributed by atoms with Crippen molar-refractivity contribution in [2.45, 2.75) is 52.9 Å². The van der Waals surface area contributed by atoms with Crippen LogP contribution in [0.4, 0.5) is 5.69 Å². The summed E-state index contributed by atoms with van der Waals surface area (Å²) in [5.74, 6) is 0.544. The number of fused-ring (bicyclic) bond motifs is 1. The maximum Gasteiger partial charge on any atom is 0.335 e. The van der Waals surface area contributed by atoms with Crippen LogP contribution in [-0.4, -0.2) is 24.2 Å². The van der Waals surface area contributed by atoms with E-state index in [1.54, 1.807) is 12.1 Å². The van der Waals surface area contributed by atoms with Gasteiger partial charge in [0, 0.05) is 12.2 Å². The van der Waals surface area contributed by atoms with Crippen molar-refractivity contribution in [2.24, 2.45) is 5.92 Å². The highest BCUT2D eigenvalue weighted by atomic mass is 16.5. The molecule has 0 atom stereocenters. The number of anilines is 1. The fraction of sp³-hybridized carbons (Fsp3) is 0.423. The molecule has 160 valence electrons. The van der Waals surface area contributed by atoms with Crippen LogP contribution in [0.2, 0.25) is 0 Å². The van der Waals surface area contributed by atoms with Gasteiger partial charge in [0.2, 0.25) is 0 Å². The molecule has 0 aromatic heterocycles. The van der Waals surface area contributed by atoms with E-state index < -0.39 is 5.97 Å². The number of nitrogens with one attached hydrogen (secondary N) is 1. The van der Waals surface area contributed by atoms with Gasteiger partial charge in [-0.05, 0) is 89.8 Å². The monoisotopic (exact) mass is 407 g/mol. The molecule has 0 unspecified atom stereocenters. The van der Waals surface area contributed by atoms with Crippen LogP contribution in [0.5, 0.6) is 5.75 Å². The van der Waals surface area contributed by atoms with Crippen LogP contribution in [0.25, 0.3) is 5.57 Å². The number of hydrogen-bond donors (Lipinski definition) is 2. The average Bonchev–Trinajstić information content (AvgIpc) is 2.69. The minimum atomic E-state index is -0.908. The third kappa shape index (κ3) is 4.69. The average molecular weight is 408 g/mol. The van der Waals surface area contributed by atoms with Crippen LogP contribution in [0, 0.1) is 5.92 Å². The molecule has 3 rings (SSSR count). The maximum absolute atomic E-state index is 11.0. The highest BCUT2D eigenvalue weighted by Crippen LogP contribution is 2.44. The number of ether oxygens (including phenoxy) is 1. The Kier molecular flexibility index (Phi) is 6.55. The first kappa shape index (κ1) is 21.9. The van der Waals surface area contributed by atoms with Gasteiger partial charge in [0.25, 0.3) is 0 Å². The summed E-state index contributed by atoms with van der Waals surface area (Å²) in [6.45, 7) is 12.5. The van der Waals surface area contributed by atoms with Crippen LogP contribution in [0.1, 0.15) is 68.1 Å². The molecule has 1 aliphatic carbocycles. The molecule has 30 heavy (non-hydrogen) atoms. The van der Waals surface area contributed by atoms with Crippen molar-refractivity contribution in [3.8, 4) is 5.75 Å². The highest BCUT2D eigenvalue weighted by molar-refractivity contribution is 5.88. The second-order valence-corrected chi connectivity index (χ2v) is 8.90. The lowest BCUT2D eigenvalue weighted by molar-refractivity contribution is 0.0697. The summed E-state index contributed by atoms with van der Waals surface area (Å²) >= 11 is 0. The van der Waals surface area contributed by atoms with Crippen LogP contribution in [-0.2, 0) is 11.8 Å². The second kappa shape index (κ2) is 8.95. The third-order valence-electron chi connectivity index (χ3n) is 5.85. The number of carboxylic acids is 1. The molecule has 4 nitrogen and oxygen atoms in total. The summed E-state index contributed by atoms with van der Waals surface area (Å²) in [4.78, 5) is 11.0. The SMILES string of the molecule is CCOc1cc2c(cc1CCNc1ccc(C(=O)O)cc1)C(C(C)C)=CCC2(C)C. The molecule has 0 aliphatic heterocycles. The predicted octanol–water partition coefficient (Wildman–Crippen LogP) is 6.16. The van der Waals surface area contributed by atoms with E-state index in [0.29, 0.717) is 18.1 Å². The van der Waals surface area contributed by atoms with Gasteiger partial charge in [0.15, 0.2) is 0 Å². The van der Waals surface area contributed by atoms with Crippen LogP contribution in [0.3, 0.4) is 0 Å². The van der Waals surface area contributed by atoms with Crippen molar-refractivity contribution in [1.82, 2.24) is 0 Å². The van der Waals surface area contributed by atoms with E-state index in [9.17, 15) is 4.79 Å². The molecular weight excluding hydrogens is 374 g/mol. The van der Waals surface area contributed by atoms with Gasteiger partial charge < -0.3 is 15.2 Å². The number of hydrogen-bond acceptors (Lipinski definition) is 3. The van der Waals surface area contributed by atoms with E-state index in [4.69, 9.17) is 9.84 Å². The highest BCUT2D eigenvalue weighted by Gasteiger charge is 2.30. The molecule has 0 spiro atoms. The predicted molar refractivity (Wildman–Crippen MR) is 124 cm³/mol. The first-order chi connectivity index (χ1) is 14.2. The van der Waals surface area contributed by atoms with Crippen LogP contribution < -0.4 is 10.1 Å². The van der Waals surface area contributed by atoms with E-state index in [-0.39, 0.29) is 5.41 Å². The summed E-state index contributed by atoms with van der Waals surface area (Å²) in [6.07, 6.45) is 4.28. The smallest absolute Gasteiger partial charge is 0.335 e. The topological polar surface area (TPSA) is 58.6 Å². The number of carbonyl (C=O) groups is 1. The molecular formula is C26H33NO3. The van der Waals surface area contributed by atoms with Crippen LogP contribution in [0.15, 0.2) is 42.5 Å². The lowest BCUT2D eigenvalue weighted by Gasteiger charge is -2.34. The Bertz CT molecular complexity index is 939. The zero-order valence-electron chi connectivity index (χ0n) is 18.7. The van der Waals surface area contributed by atoms with Gasteiger partial charge >= 0.3 is 5.97 Å². The van der Waals surface area contributed by atoms with Gasteiger partial charge in [-0.2, -0.15) is 0 Å². The van der Waals surface area contributed by atoms with E-state index >= 15 is 0 Å². The Morgan fingerprint density at radius 3 is 2.50 bits per heavy atom. The van der Waals surface area contributed by atoms with Crippen molar-refractivity contribution >= 4 is 17.2 Å². The number of carboxylic acid groups (broad SMARTS) is 1. The summed E-state index contributed by atoms with van der Waals surface area (Å²) < 4.78 is 6.02. The molecule has 2 aromatic carbocycles. The summed E-state index contributed by atoms with van der Waals surface area (Å²) in [7, 11) is 0. The zero-order valence-corrected chi connectivity index (χ0v) is 18.7. The number of benzene rings is 2. The molecule has 2 N–H and O–H groups in total. The molecule has 2 aromatic rings. The molecule has 4 heteroatoms. The summed E-state index contributed by atoms with van der Waals surface area (Å²) in [5, 5.41) is 12.4. The maximum atomic E-state index is 11.0. The molecule has 0 radical (unpaired) electrons. The lowest BCUT2D eigenvalue weighted by atomic mass is 9.71. The molecule has 0 bridgehead atoms. The number of allylic oxidation sites excluding steroid dienone is 2. The zero-order chi connectivity index (χ0) is 21.9. The number of aromatic carboxylic acids is 1. The molecule has 0 saturated heterocycles. The molecule has 0 saturated carbocycles. The Balaban J connectivity index is 1.84. The van der Waals surface area contributed by atoms with Crippen molar-refractivity contribution < 1.29 is 14.6 Å². The van der Waals surface area contributed by atoms with Crippen molar-refractivity contribution in [3.05, 3.63) is 64.7 Å². The van der Waals surface area contributed by atoms with Gasteiger partial charge in [-0.15, -0.1) is 0 Å². The van der Waals surface area contributed by atoms with E-state index in [1.165, 1.54) is 22.3 Å². The second-order valence-electron chi connectivity index (χ2n) is 8.90. The Labute approximate surface area is 180 Å². The molecule has 0 fully saturated rings. The third-order valence-corrected chi connectivity index (χ3v) is 5.85. The fourth-order valence-corrected chi connectivity index (χ4v) is 4.11. The van der Waals surface area contributed by atoms with Gasteiger partial charge in [-0.1, -0.05) is 33.8 Å². The summed E-state index contributed by atoms with van der Waals surface area (Å²) in [5.41, 5.74) is 6.66. The molecule has 0 amide bonds. The summed E-state index contributed by atoms with van der Waals surface area (Å²) in [6, 6.07) is 11.4. The minimum absolute atomic E-state index is 0.0994. The van der Waals surface area contributed by atoms with Gasteiger partial charge in [-0.3, -0.25) is 0 Å². The first-order valence-electron chi connectivity index (χ1n) is 10.8. The minimum Gasteiger partial charge on any atom is -0.494 e. The Hall–Kier alpha value is -2.75. The Morgan fingerprint density at radius 2 is 1.90 bits per heavy atom. The van der Waals surface area contributed by atoms with Crippen molar-refractivity contribution in [1.29, 1.82) is 0 Å². The molecule has 1 aliphatic rings. The normalized spacial score (nSPS) is 14.8. The largest absolute Gasteiger partial charge is 0.494 e. The standard InChI is InChI=1S/C26H33NO3/c1-6-30-24-16-23-22(21(17(2)3)11-13-26(23,4)5)15-19(24)12-14-27-20-9-7-18(8-10-20)25(28)29/h7-11,15-17,27H,6,12-14H2,1-5H3,(H,28,29). The van der Waals surface area contributed by atoms with Gasteiger partial charge in [-0.25, -0.2) is 4.79 Å². The quantitative estimate of drug-likeness (QED) is 0.550. The van der Waals surface area contributed by atoms with Crippen LogP contribution >= 0.6 is 0 Å². The fourth-order valence-electron chi connectivity index (χ4n) is 4.11. The Morgan fingerprint density at radius 1 is 1.20 bits per heavy atom. The van der Waals surface area contributed by atoms with Crippen molar-refractivity contribution in [2.75, 3.05) is 18.5 Å². The van der Waals surface area contributed by atoms with E-state index in [2.05, 4.69) is 51.2 Å². The number of rotatable bonds is 8. The molecule has 0 heterocycles. The van der Waals surface area contributed by atoms with E-state index in [0.717, 1.165) is 30.8 Å². The van der Waals surface area contributed by atoms with E-state index in [1.807, 2.05) is 19.1 Å². The van der Waals surface area contributed by atoms with Gasteiger partial charge in [0.1, 0.15) is 5.75 Å². The van der Waals surface area contributed by atoms with Crippen molar-refractivity contribution in [3.63, 3.8) is 0 Å².